The fourth-order valence-electron chi connectivity index (χ4n) is 3.70. The van der Waals surface area contributed by atoms with Crippen LogP contribution in [0.5, 0.6) is 11.5 Å². The van der Waals surface area contributed by atoms with E-state index in [-0.39, 0.29) is 5.91 Å². The number of carbonyl (C=O) groups excluding carboxylic acids is 2. The third-order valence-electron chi connectivity index (χ3n) is 5.00. The lowest BCUT2D eigenvalue weighted by Gasteiger charge is -2.31. The molecule has 7 heteroatoms. The number of urea groups is 1. The molecule has 3 aliphatic rings. The minimum atomic E-state index is -0.526. The van der Waals surface area contributed by atoms with Crippen molar-refractivity contribution in [1.29, 1.82) is 0 Å². The van der Waals surface area contributed by atoms with Crippen molar-refractivity contribution in [1.82, 2.24) is 10.6 Å². The molecule has 134 valence electrons. The van der Waals surface area contributed by atoms with Crippen LogP contribution in [0.25, 0.3) is 0 Å². The predicted molar refractivity (Wildman–Crippen MR) is 91.7 cm³/mol. The third-order valence-corrected chi connectivity index (χ3v) is 5.00. The Bertz CT molecular complexity index is 685. The molecule has 1 spiro atoms. The molecular formula is C18H23N3O4. The summed E-state index contributed by atoms with van der Waals surface area (Å²) in [5.74, 6) is 0.725. The first-order valence-corrected chi connectivity index (χ1v) is 9.01. The molecule has 1 aromatic carbocycles. The second kappa shape index (κ2) is 6.46. The SMILES string of the molecule is O=C(Nc1ccc2c(c1)OC1(CCCCC1)O2)N[C@@H]1CCCNC1=O. The molecule has 0 unspecified atom stereocenters. The maximum absolute atomic E-state index is 12.1. The van der Waals surface area contributed by atoms with Gasteiger partial charge in [0.15, 0.2) is 11.5 Å². The van der Waals surface area contributed by atoms with E-state index in [9.17, 15) is 9.59 Å². The number of hydrogen-bond donors (Lipinski definition) is 3. The van der Waals surface area contributed by atoms with Crippen LogP contribution in [0, 0.1) is 0 Å². The molecular weight excluding hydrogens is 322 g/mol. The Hall–Kier alpha value is -2.44. The Morgan fingerprint density at radius 1 is 1.12 bits per heavy atom. The van der Waals surface area contributed by atoms with Gasteiger partial charge >= 0.3 is 6.03 Å². The van der Waals surface area contributed by atoms with Crippen LogP contribution in [0.3, 0.4) is 0 Å². The lowest BCUT2D eigenvalue weighted by Crippen LogP contribution is -2.51. The summed E-state index contributed by atoms with van der Waals surface area (Å²) in [5.41, 5.74) is 0.615. The quantitative estimate of drug-likeness (QED) is 0.768. The summed E-state index contributed by atoms with van der Waals surface area (Å²) in [5, 5.41) is 8.22. The highest BCUT2D eigenvalue weighted by Gasteiger charge is 2.42. The molecule has 2 fully saturated rings. The lowest BCUT2D eigenvalue weighted by molar-refractivity contribution is -0.124. The van der Waals surface area contributed by atoms with E-state index in [1.165, 1.54) is 6.42 Å². The van der Waals surface area contributed by atoms with Crippen molar-refractivity contribution in [3.8, 4) is 11.5 Å². The van der Waals surface area contributed by atoms with Gasteiger partial charge in [0, 0.05) is 31.1 Å². The topological polar surface area (TPSA) is 88.7 Å². The van der Waals surface area contributed by atoms with E-state index in [2.05, 4.69) is 16.0 Å². The van der Waals surface area contributed by atoms with Gasteiger partial charge in [-0.25, -0.2) is 4.79 Å². The number of nitrogens with one attached hydrogen (secondary N) is 3. The Morgan fingerprint density at radius 3 is 2.72 bits per heavy atom. The highest BCUT2D eigenvalue weighted by atomic mass is 16.7. The molecule has 25 heavy (non-hydrogen) atoms. The zero-order valence-corrected chi connectivity index (χ0v) is 14.1. The van der Waals surface area contributed by atoms with Crippen molar-refractivity contribution in [3.63, 3.8) is 0 Å². The molecule has 1 aliphatic carbocycles. The van der Waals surface area contributed by atoms with Crippen LogP contribution < -0.4 is 25.4 Å². The Kier molecular flexibility index (Phi) is 4.15. The van der Waals surface area contributed by atoms with Crippen molar-refractivity contribution < 1.29 is 19.1 Å². The Balaban J connectivity index is 1.39. The summed E-state index contributed by atoms with van der Waals surface area (Å²) >= 11 is 0. The van der Waals surface area contributed by atoms with E-state index >= 15 is 0 Å². The van der Waals surface area contributed by atoms with Crippen molar-refractivity contribution >= 4 is 17.6 Å². The predicted octanol–water partition coefficient (Wildman–Crippen LogP) is 2.52. The normalized spacial score (nSPS) is 23.8. The van der Waals surface area contributed by atoms with Gasteiger partial charge in [0.1, 0.15) is 6.04 Å². The van der Waals surface area contributed by atoms with Crippen LogP contribution in [0.4, 0.5) is 10.5 Å². The van der Waals surface area contributed by atoms with Gasteiger partial charge in [0.05, 0.1) is 0 Å². The summed E-state index contributed by atoms with van der Waals surface area (Å²) in [6.45, 7) is 0.669. The Morgan fingerprint density at radius 2 is 1.92 bits per heavy atom. The number of hydrogen-bond acceptors (Lipinski definition) is 4. The first-order chi connectivity index (χ1) is 12.1. The molecule has 2 heterocycles. The van der Waals surface area contributed by atoms with E-state index in [1.807, 2.05) is 6.07 Å². The second-order valence-corrected chi connectivity index (χ2v) is 6.92. The van der Waals surface area contributed by atoms with Gasteiger partial charge in [0.2, 0.25) is 5.91 Å². The van der Waals surface area contributed by atoms with E-state index < -0.39 is 17.9 Å². The van der Waals surface area contributed by atoms with Gasteiger partial charge in [-0.05, 0) is 37.8 Å². The fourth-order valence-corrected chi connectivity index (χ4v) is 3.70. The van der Waals surface area contributed by atoms with Gasteiger partial charge in [-0.2, -0.15) is 0 Å². The zero-order valence-electron chi connectivity index (χ0n) is 14.1. The van der Waals surface area contributed by atoms with Gasteiger partial charge in [0.25, 0.3) is 5.79 Å². The van der Waals surface area contributed by atoms with E-state index in [0.29, 0.717) is 24.4 Å². The minimum Gasteiger partial charge on any atom is -0.448 e. The molecule has 4 rings (SSSR count). The number of amides is 3. The van der Waals surface area contributed by atoms with Gasteiger partial charge < -0.3 is 25.4 Å². The number of anilines is 1. The van der Waals surface area contributed by atoms with Crippen molar-refractivity contribution in [2.24, 2.45) is 0 Å². The van der Waals surface area contributed by atoms with Crippen molar-refractivity contribution in [3.05, 3.63) is 18.2 Å². The van der Waals surface area contributed by atoms with Crippen LogP contribution in [-0.2, 0) is 4.79 Å². The molecule has 3 amide bonds. The number of piperidine rings is 1. The molecule has 1 saturated carbocycles. The third kappa shape index (κ3) is 3.36. The smallest absolute Gasteiger partial charge is 0.319 e. The molecule has 0 radical (unpaired) electrons. The minimum absolute atomic E-state index is 0.133. The van der Waals surface area contributed by atoms with Crippen LogP contribution in [0.1, 0.15) is 44.9 Å². The highest BCUT2D eigenvalue weighted by Crippen LogP contribution is 2.46. The molecule has 2 aliphatic heterocycles. The molecule has 1 atom stereocenters. The fraction of sp³-hybridized carbons (Fsp3) is 0.556. The first-order valence-electron chi connectivity index (χ1n) is 9.01. The number of benzene rings is 1. The summed E-state index contributed by atoms with van der Waals surface area (Å²) in [6, 6.07) is 4.51. The lowest BCUT2D eigenvalue weighted by atomic mass is 9.94. The standard InChI is InChI=1S/C18H23N3O4/c22-16-13(5-4-10-19-16)21-17(23)20-12-6-7-14-15(11-12)25-18(24-14)8-2-1-3-9-18/h6-7,11,13H,1-5,8-10H2,(H,19,22)(H2,20,21,23)/t13-/m1/s1. The number of ether oxygens (including phenoxy) is 2. The molecule has 0 bridgehead atoms. The van der Waals surface area contributed by atoms with E-state index in [1.54, 1.807) is 12.1 Å². The largest absolute Gasteiger partial charge is 0.448 e. The molecule has 3 N–H and O–H groups in total. The summed E-state index contributed by atoms with van der Waals surface area (Å²) in [4.78, 5) is 23.9. The number of fused-ring (bicyclic) bond motifs is 1. The van der Waals surface area contributed by atoms with Gasteiger partial charge in [-0.1, -0.05) is 6.42 Å². The van der Waals surface area contributed by atoms with Crippen molar-refractivity contribution in [2.75, 3.05) is 11.9 Å². The van der Waals surface area contributed by atoms with E-state index in [0.717, 1.165) is 37.9 Å². The maximum Gasteiger partial charge on any atom is 0.319 e. The van der Waals surface area contributed by atoms with Crippen LogP contribution in [-0.4, -0.2) is 30.3 Å². The van der Waals surface area contributed by atoms with Crippen LogP contribution in [0.2, 0.25) is 0 Å². The molecule has 7 nitrogen and oxygen atoms in total. The molecule has 1 saturated heterocycles. The van der Waals surface area contributed by atoms with Crippen LogP contribution >= 0.6 is 0 Å². The zero-order chi connectivity index (χ0) is 17.3. The second-order valence-electron chi connectivity index (χ2n) is 6.92. The number of rotatable bonds is 2. The molecule has 1 aromatic rings. The van der Waals surface area contributed by atoms with Crippen molar-refractivity contribution in [2.45, 2.75) is 56.8 Å². The maximum atomic E-state index is 12.1. The van der Waals surface area contributed by atoms with Gasteiger partial charge in [-0.15, -0.1) is 0 Å². The first kappa shape index (κ1) is 16.1. The highest BCUT2D eigenvalue weighted by molar-refractivity contribution is 5.94. The molecule has 0 aromatic heterocycles. The number of carbonyl (C=O) groups is 2. The average molecular weight is 345 g/mol. The summed E-state index contributed by atoms with van der Waals surface area (Å²) in [6.07, 6.45) is 6.72. The van der Waals surface area contributed by atoms with Gasteiger partial charge in [-0.3, -0.25) is 4.79 Å². The van der Waals surface area contributed by atoms with Crippen LogP contribution in [0.15, 0.2) is 18.2 Å². The van der Waals surface area contributed by atoms with E-state index in [4.69, 9.17) is 9.47 Å². The monoisotopic (exact) mass is 345 g/mol. The average Bonchev–Trinajstić information content (AvgIpc) is 2.94. The summed E-state index contributed by atoms with van der Waals surface area (Å²) < 4.78 is 12.1. The Labute approximate surface area is 146 Å². The summed E-state index contributed by atoms with van der Waals surface area (Å²) in [7, 11) is 0.